The molecule has 1 N–H and O–H groups in total. The molecule has 7 heteroatoms. The fourth-order valence-electron chi connectivity index (χ4n) is 3.46. The maximum absolute atomic E-state index is 13.0. The Hall–Kier alpha value is -2.12. The highest BCUT2D eigenvalue weighted by Gasteiger charge is 2.45. The first-order valence-electron chi connectivity index (χ1n) is 9.48. The van der Waals surface area contributed by atoms with Gasteiger partial charge >= 0.3 is 0 Å². The zero-order chi connectivity index (χ0) is 19.5. The average Bonchev–Trinajstić information content (AvgIpc) is 3.11. The van der Waals surface area contributed by atoms with E-state index in [4.69, 9.17) is 14.2 Å². The maximum atomic E-state index is 13.0. The maximum Gasteiger partial charge on any atom is 0.239 e. The molecule has 0 radical (unpaired) electrons. The van der Waals surface area contributed by atoms with Crippen LogP contribution in [-0.2, 0) is 19.1 Å². The van der Waals surface area contributed by atoms with Crippen LogP contribution in [0.15, 0.2) is 24.3 Å². The molecular weight excluding hydrogens is 348 g/mol. The van der Waals surface area contributed by atoms with E-state index in [0.717, 1.165) is 0 Å². The number of para-hydroxylation sites is 2. The zero-order valence-electron chi connectivity index (χ0n) is 16.2. The summed E-state index contributed by atoms with van der Waals surface area (Å²) >= 11 is 0. The van der Waals surface area contributed by atoms with E-state index in [2.05, 4.69) is 5.32 Å². The summed E-state index contributed by atoms with van der Waals surface area (Å²) in [5.74, 6) is -0.498. The minimum atomic E-state index is -1.19. The van der Waals surface area contributed by atoms with Crippen LogP contribution in [0.3, 0.4) is 0 Å². The van der Waals surface area contributed by atoms with Gasteiger partial charge in [0.05, 0.1) is 25.5 Å². The predicted molar refractivity (Wildman–Crippen MR) is 100 cm³/mol. The minimum Gasteiger partial charge on any atom is -0.492 e. The standard InChI is InChI=1S/C20H28N2O5/c1-4-25-16-8-6-5-7-15(16)21-17(23)19(2,3)18(24)22-11-9-20(10-12-22)26-13-14-27-20/h5-8H,4,9-14H2,1-3H3,(H,21,23). The van der Waals surface area contributed by atoms with Crippen molar-refractivity contribution in [1.29, 1.82) is 0 Å². The number of ether oxygens (including phenoxy) is 3. The van der Waals surface area contributed by atoms with Crippen molar-refractivity contribution >= 4 is 17.5 Å². The number of nitrogens with one attached hydrogen (secondary N) is 1. The average molecular weight is 376 g/mol. The Morgan fingerprint density at radius 1 is 1.19 bits per heavy atom. The number of piperidine rings is 1. The summed E-state index contributed by atoms with van der Waals surface area (Å²) < 4.78 is 17.0. The summed E-state index contributed by atoms with van der Waals surface area (Å²) in [5, 5.41) is 2.84. The van der Waals surface area contributed by atoms with Crippen LogP contribution in [0.4, 0.5) is 5.69 Å². The van der Waals surface area contributed by atoms with E-state index in [-0.39, 0.29) is 11.8 Å². The van der Waals surface area contributed by atoms with E-state index in [0.29, 0.717) is 57.2 Å². The number of hydrogen-bond donors (Lipinski definition) is 1. The number of hydrogen-bond acceptors (Lipinski definition) is 5. The number of benzene rings is 1. The van der Waals surface area contributed by atoms with Crippen molar-refractivity contribution in [2.24, 2.45) is 5.41 Å². The van der Waals surface area contributed by atoms with Gasteiger partial charge in [0.2, 0.25) is 11.8 Å². The van der Waals surface area contributed by atoms with Crippen LogP contribution < -0.4 is 10.1 Å². The number of carbonyl (C=O) groups is 2. The monoisotopic (exact) mass is 376 g/mol. The lowest BCUT2D eigenvalue weighted by Gasteiger charge is -2.40. The minimum absolute atomic E-state index is 0.193. The molecule has 2 fully saturated rings. The number of rotatable bonds is 5. The van der Waals surface area contributed by atoms with E-state index in [1.54, 1.807) is 30.9 Å². The van der Waals surface area contributed by atoms with Gasteiger partial charge in [0.15, 0.2) is 5.79 Å². The fourth-order valence-corrected chi connectivity index (χ4v) is 3.46. The van der Waals surface area contributed by atoms with Gasteiger partial charge in [-0.15, -0.1) is 0 Å². The Morgan fingerprint density at radius 2 is 1.81 bits per heavy atom. The largest absolute Gasteiger partial charge is 0.492 e. The highest BCUT2D eigenvalue weighted by molar-refractivity contribution is 6.10. The van der Waals surface area contributed by atoms with Gasteiger partial charge in [-0.05, 0) is 32.9 Å². The van der Waals surface area contributed by atoms with E-state index in [1.807, 2.05) is 19.1 Å². The van der Waals surface area contributed by atoms with Crippen LogP contribution in [0.5, 0.6) is 5.75 Å². The summed E-state index contributed by atoms with van der Waals surface area (Å²) in [7, 11) is 0. The molecule has 148 valence electrons. The topological polar surface area (TPSA) is 77.1 Å². The van der Waals surface area contributed by atoms with Gasteiger partial charge in [-0.2, -0.15) is 0 Å². The first-order chi connectivity index (χ1) is 12.9. The van der Waals surface area contributed by atoms with Crippen LogP contribution in [0.25, 0.3) is 0 Å². The van der Waals surface area contributed by atoms with Crippen molar-refractivity contribution in [3.8, 4) is 5.75 Å². The third-order valence-electron chi connectivity index (χ3n) is 5.16. The molecule has 2 amide bonds. The van der Waals surface area contributed by atoms with Crippen LogP contribution >= 0.6 is 0 Å². The van der Waals surface area contributed by atoms with Crippen molar-refractivity contribution in [3.63, 3.8) is 0 Å². The normalized spacial score (nSPS) is 19.1. The SMILES string of the molecule is CCOc1ccccc1NC(=O)C(C)(C)C(=O)N1CCC2(CC1)OCCO2. The molecule has 7 nitrogen and oxygen atoms in total. The Balaban J connectivity index is 1.64. The van der Waals surface area contributed by atoms with Crippen molar-refractivity contribution in [2.75, 3.05) is 38.2 Å². The van der Waals surface area contributed by atoms with Gasteiger partial charge in [0.25, 0.3) is 0 Å². The third kappa shape index (κ3) is 4.09. The Kier molecular flexibility index (Phi) is 5.72. The van der Waals surface area contributed by atoms with Crippen LogP contribution in [0, 0.1) is 5.41 Å². The molecule has 3 rings (SSSR count). The van der Waals surface area contributed by atoms with Crippen LogP contribution in [0.2, 0.25) is 0 Å². The predicted octanol–water partition coefficient (Wildman–Crippen LogP) is 2.42. The van der Waals surface area contributed by atoms with Crippen molar-refractivity contribution < 1.29 is 23.8 Å². The highest BCUT2D eigenvalue weighted by atomic mass is 16.7. The second kappa shape index (κ2) is 7.86. The molecule has 1 spiro atoms. The molecule has 0 atom stereocenters. The molecule has 2 heterocycles. The molecule has 1 aromatic rings. The lowest BCUT2D eigenvalue weighted by atomic mass is 9.88. The lowest BCUT2D eigenvalue weighted by Crippen LogP contribution is -2.53. The second-order valence-electron chi connectivity index (χ2n) is 7.41. The van der Waals surface area contributed by atoms with E-state index in [1.165, 1.54) is 0 Å². The first kappa shape index (κ1) is 19.6. The van der Waals surface area contributed by atoms with Crippen LogP contribution in [-0.4, -0.2) is 55.4 Å². The summed E-state index contributed by atoms with van der Waals surface area (Å²) in [6.07, 6.45) is 1.26. The van der Waals surface area contributed by atoms with Gasteiger partial charge in [0, 0.05) is 25.9 Å². The molecule has 27 heavy (non-hydrogen) atoms. The van der Waals surface area contributed by atoms with Gasteiger partial charge in [-0.25, -0.2) is 0 Å². The fraction of sp³-hybridized carbons (Fsp3) is 0.600. The molecule has 1 aromatic carbocycles. The molecule has 2 aliphatic heterocycles. The summed E-state index contributed by atoms with van der Waals surface area (Å²) in [4.78, 5) is 27.6. The molecule has 2 aliphatic rings. The number of likely N-dealkylation sites (tertiary alicyclic amines) is 1. The van der Waals surface area contributed by atoms with Gasteiger partial charge in [0.1, 0.15) is 11.2 Å². The number of carbonyl (C=O) groups excluding carboxylic acids is 2. The summed E-state index contributed by atoms with van der Waals surface area (Å²) in [6.45, 7) is 7.92. The van der Waals surface area contributed by atoms with E-state index in [9.17, 15) is 9.59 Å². The summed E-state index contributed by atoms with van der Waals surface area (Å²) in [5.41, 5.74) is -0.628. The Morgan fingerprint density at radius 3 is 2.44 bits per heavy atom. The Bertz CT molecular complexity index is 687. The van der Waals surface area contributed by atoms with Crippen molar-refractivity contribution in [2.45, 2.75) is 39.4 Å². The molecule has 0 aromatic heterocycles. The van der Waals surface area contributed by atoms with Crippen molar-refractivity contribution in [1.82, 2.24) is 4.90 Å². The quantitative estimate of drug-likeness (QED) is 0.799. The molecule has 0 bridgehead atoms. The van der Waals surface area contributed by atoms with Gasteiger partial charge in [-0.1, -0.05) is 12.1 Å². The molecule has 0 aliphatic carbocycles. The van der Waals surface area contributed by atoms with E-state index >= 15 is 0 Å². The number of amides is 2. The number of nitrogens with zero attached hydrogens (tertiary/aromatic N) is 1. The smallest absolute Gasteiger partial charge is 0.239 e. The summed E-state index contributed by atoms with van der Waals surface area (Å²) in [6, 6.07) is 7.22. The first-order valence-corrected chi connectivity index (χ1v) is 9.48. The molecule has 2 saturated heterocycles. The highest BCUT2D eigenvalue weighted by Crippen LogP contribution is 2.33. The van der Waals surface area contributed by atoms with Crippen LogP contribution in [0.1, 0.15) is 33.6 Å². The van der Waals surface area contributed by atoms with Gasteiger partial charge < -0.3 is 24.4 Å². The van der Waals surface area contributed by atoms with Gasteiger partial charge in [-0.3, -0.25) is 9.59 Å². The van der Waals surface area contributed by atoms with E-state index < -0.39 is 11.2 Å². The lowest BCUT2D eigenvalue weighted by molar-refractivity contribution is -0.189. The molecule has 0 unspecified atom stereocenters. The van der Waals surface area contributed by atoms with Crippen molar-refractivity contribution in [3.05, 3.63) is 24.3 Å². The zero-order valence-corrected chi connectivity index (χ0v) is 16.2. The molecular formula is C20H28N2O5. The Labute approximate surface area is 160 Å². The number of anilines is 1. The third-order valence-corrected chi connectivity index (χ3v) is 5.16. The second-order valence-corrected chi connectivity index (χ2v) is 7.41. The molecule has 0 saturated carbocycles.